The molecular formula is C17H22N4. The maximum Gasteiger partial charge on any atom is 0.132 e. The number of aromatic nitrogens is 2. The van der Waals surface area contributed by atoms with Gasteiger partial charge in [-0.1, -0.05) is 36.8 Å². The summed E-state index contributed by atoms with van der Waals surface area (Å²) in [6, 6.07) is 10.1. The fourth-order valence-corrected chi connectivity index (χ4v) is 2.87. The Labute approximate surface area is 125 Å². The summed E-state index contributed by atoms with van der Waals surface area (Å²) in [5.41, 5.74) is 9.88. The number of benzene rings is 1. The maximum atomic E-state index is 6.24. The molecule has 4 nitrogen and oxygen atoms in total. The highest BCUT2D eigenvalue weighted by Crippen LogP contribution is 2.24. The van der Waals surface area contributed by atoms with Gasteiger partial charge in [-0.2, -0.15) is 0 Å². The number of nitrogens with two attached hydrogens (primary N) is 1. The minimum Gasteiger partial charge on any atom is -0.368 e. The maximum absolute atomic E-state index is 6.24. The molecule has 1 atom stereocenters. The van der Waals surface area contributed by atoms with Crippen molar-refractivity contribution in [1.29, 1.82) is 0 Å². The summed E-state index contributed by atoms with van der Waals surface area (Å²) in [5, 5.41) is 3.42. The lowest BCUT2D eigenvalue weighted by Gasteiger charge is -2.16. The number of aryl methyl sites for hydroxylation is 1. The Balaban J connectivity index is 1.71. The Kier molecular flexibility index (Phi) is 4.46. The topological polar surface area (TPSA) is 63.8 Å². The zero-order chi connectivity index (χ0) is 14.5. The van der Waals surface area contributed by atoms with E-state index in [-0.39, 0.29) is 6.04 Å². The van der Waals surface area contributed by atoms with Gasteiger partial charge in [0.2, 0.25) is 0 Å². The van der Waals surface area contributed by atoms with E-state index in [4.69, 9.17) is 5.73 Å². The molecule has 0 fully saturated rings. The second kappa shape index (κ2) is 6.68. The van der Waals surface area contributed by atoms with Crippen molar-refractivity contribution in [2.24, 2.45) is 5.73 Å². The minimum absolute atomic E-state index is 0.0254. The SMILES string of the molecule is NC(CNc1ncnc2c1CCCCC2)c1ccccc1. The van der Waals surface area contributed by atoms with Crippen LogP contribution >= 0.6 is 0 Å². The summed E-state index contributed by atoms with van der Waals surface area (Å²) in [6.07, 6.45) is 7.53. The Morgan fingerprint density at radius 2 is 1.86 bits per heavy atom. The Hall–Kier alpha value is -1.94. The molecule has 0 saturated carbocycles. The predicted octanol–water partition coefficient (Wildman–Crippen LogP) is 2.86. The number of fused-ring (bicyclic) bond motifs is 1. The molecule has 1 heterocycles. The van der Waals surface area contributed by atoms with E-state index in [1.165, 1.54) is 30.5 Å². The van der Waals surface area contributed by atoms with E-state index in [0.717, 1.165) is 24.2 Å². The average Bonchev–Trinajstić information content (AvgIpc) is 2.79. The third-order valence-corrected chi connectivity index (χ3v) is 4.09. The number of anilines is 1. The molecule has 0 saturated heterocycles. The van der Waals surface area contributed by atoms with E-state index in [0.29, 0.717) is 6.54 Å². The third kappa shape index (κ3) is 3.39. The summed E-state index contributed by atoms with van der Waals surface area (Å²) < 4.78 is 0. The van der Waals surface area contributed by atoms with Crippen LogP contribution in [-0.2, 0) is 12.8 Å². The molecule has 1 unspecified atom stereocenters. The zero-order valence-electron chi connectivity index (χ0n) is 12.3. The van der Waals surface area contributed by atoms with E-state index in [1.54, 1.807) is 6.33 Å². The van der Waals surface area contributed by atoms with Crippen LogP contribution in [0.3, 0.4) is 0 Å². The van der Waals surface area contributed by atoms with Gasteiger partial charge in [0.25, 0.3) is 0 Å². The van der Waals surface area contributed by atoms with Gasteiger partial charge in [-0.05, 0) is 31.2 Å². The van der Waals surface area contributed by atoms with Gasteiger partial charge in [0, 0.05) is 23.8 Å². The van der Waals surface area contributed by atoms with Crippen molar-refractivity contribution in [1.82, 2.24) is 9.97 Å². The number of nitrogens with one attached hydrogen (secondary N) is 1. The molecule has 3 rings (SSSR count). The number of hydrogen-bond acceptors (Lipinski definition) is 4. The highest BCUT2D eigenvalue weighted by atomic mass is 15.0. The molecule has 0 bridgehead atoms. The highest BCUT2D eigenvalue weighted by Gasteiger charge is 2.15. The van der Waals surface area contributed by atoms with Crippen LogP contribution in [0.2, 0.25) is 0 Å². The monoisotopic (exact) mass is 282 g/mol. The van der Waals surface area contributed by atoms with Gasteiger partial charge < -0.3 is 11.1 Å². The molecule has 1 aromatic carbocycles. The Morgan fingerprint density at radius 1 is 1.05 bits per heavy atom. The molecule has 0 aliphatic heterocycles. The normalized spacial score (nSPS) is 15.9. The molecular weight excluding hydrogens is 260 g/mol. The molecule has 1 aliphatic rings. The second-order valence-corrected chi connectivity index (χ2v) is 5.61. The lowest BCUT2D eigenvalue weighted by Crippen LogP contribution is -2.22. The quantitative estimate of drug-likeness (QED) is 0.846. The first-order chi connectivity index (χ1) is 10.3. The van der Waals surface area contributed by atoms with Crippen LogP contribution in [0.1, 0.15) is 42.1 Å². The molecule has 0 spiro atoms. The van der Waals surface area contributed by atoms with E-state index in [2.05, 4.69) is 27.4 Å². The van der Waals surface area contributed by atoms with Crippen molar-refractivity contribution in [2.75, 3.05) is 11.9 Å². The van der Waals surface area contributed by atoms with Gasteiger partial charge in [0.15, 0.2) is 0 Å². The zero-order valence-corrected chi connectivity index (χ0v) is 12.3. The van der Waals surface area contributed by atoms with Gasteiger partial charge in [-0.3, -0.25) is 0 Å². The molecule has 0 radical (unpaired) electrons. The van der Waals surface area contributed by atoms with Gasteiger partial charge in [-0.15, -0.1) is 0 Å². The molecule has 21 heavy (non-hydrogen) atoms. The standard InChI is InChI=1S/C17H22N4/c18-15(13-7-3-1-4-8-13)11-19-17-14-9-5-2-6-10-16(14)20-12-21-17/h1,3-4,7-8,12,15H,2,5-6,9-11,18H2,(H,19,20,21). The third-order valence-electron chi connectivity index (χ3n) is 4.09. The van der Waals surface area contributed by atoms with Crippen molar-refractivity contribution in [2.45, 2.75) is 38.1 Å². The van der Waals surface area contributed by atoms with E-state index >= 15 is 0 Å². The average molecular weight is 282 g/mol. The van der Waals surface area contributed by atoms with Gasteiger partial charge in [0.05, 0.1) is 0 Å². The molecule has 4 heteroatoms. The molecule has 1 aliphatic carbocycles. The molecule has 0 amide bonds. The summed E-state index contributed by atoms with van der Waals surface area (Å²) in [5.74, 6) is 0.966. The molecule has 2 aromatic rings. The molecule has 1 aromatic heterocycles. The predicted molar refractivity (Wildman–Crippen MR) is 85.2 cm³/mol. The van der Waals surface area contributed by atoms with Crippen molar-refractivity contribution in [3.63, 3.8) is 0 Å². The van der Waals surface area contributed by atoms with E-state index < -0.39 is 0 Å². The lowest BCUT2D eigenvalue weighted by atomic mass is 10.1. The largest absolute Gasteiger partial charge is 0.368 e. The van der Waals surface area contributed by atoms with E-state index in [9.17, 15) is 0 Å². The summed E-state index contributed by atoms with van der Waals surface area (Å²) in [6.45, 7) is 0.688. The van der Waals surface area contributed by atoms with Crippen LogP contribution in [-0.4, -0.2) is 16.5 Å². The number of hydrogen-bond donors (Lipinski definition) is 2. The summed E-state index contributed by atoms with van der Waals surface area (Å²) in [4.78, 5) is 8.86. The first kappa shape index (κ1) is 14.0. The first-order valence-corrected chi connectivity index (χ1v) is 7.72. The highest BCUT2D eigenvalue weighted by molar-refractivity contribution is 5.47. The molecule has 110 valence electrons. The van der Waals surface area contributed by atoms with Crippen molar-refractivity contribution in [3.05, 3.63) is 53.5 Å². The van der Waals surface area contributed by atoms with Crippen LogP contribution in [0.15, 0.2) is 36.7 Å². The number of rotatable bonds is 4. The first-order valence-electron chi connectivity index (χ1n) is 7.72. The Bertz CT molecular complexity index is 583. The smallest absolute Gasteiger partial charge is 0.132 e. The van der Waals surface area contributed by atoms with Crippen molar-refractivity contribution < 1.29 is 0 Å². The second-order valence-electron chi connectivity index (χ2n) is 5.61. The van der Waals surface area contributed by atoms with Gasteiger partial charge in [0.1, 0.15) is 12.1 Å². The Morgan fingerprint density at radius 3 is 2.71 bits per heavy atom. The van der Waals surface area contributed by atoms with Crippen LogP contribution in [0.25, 0.3) is 0 Å². The van der Waals surface area contributed by atoms with E-state index in [1.807, 2.05) is 18.2 Å². The fraction of sp³-hybridized carbons (Fsp3) is 0.412. The fourth-order valence-electron chi connectivity index (χ4n) is 2.87. The summed E-state index contributed by atoms with van der Waals surface area (Å²) >= 11 is 0. The van der Waals surface area contributed by atoms with Crippen molar-refractivity contribution in [3.8, 4) is 0 Å². The van der Waals surface area contributed by atoms with Gasteiger partial charge in [-0.25, -0.2) is 9.97 Å². The summed E-state index contributed by atoms with van der Waals surface area (Å²) in [7, 11) is 0. The number of nitrogens with zero attached hydrogens (tertiary/aromatic N) is 2. The van der Waals surface area contributed by atoms with Crippen LogP contribution < -0.4 is 11.1 Å². The lowest BCUT2D eigenvalue weighted by molar-refractivity contribution is 0.708. The minimum atomic E-state index is -0.0254. The molecule has 3 N–H and O–H groups in total. The van der Waals surface area contributed by atoms with Crippen LogP contribution in [0, 0.1) is 0 Å². The van der Waals surface area contributed by atoms with Crippen LogP contribution in [0.4, 0.5) is 5.82 Å². The van der Waals surface area contributed by atoms with Crippen LogP contribution in [0.5, 0.6) is 0 Å². The van der Waals surface area contributed by atoms with Crippen molar-refractivity contribution >= 4 is 5.82 Å². The van der Waals surface area contributed by atoms with Gasteiger partial charge >= 0.3 is 0 Å².